The molecule has 0 bridgehead atoms. The Kier molecular flexibility index (Phi) is 15.1. The highest BCUT2D eigenvalue weighted by molar-refractivity contribution is 7.98. The second-order valence-electron chi connectivity index (χ2n) is 13.0. The van der Waals surface area contributed by atoms with Gasteiger partial charge in [-0.3, -0.25) is 19.6 Å². The summed E-state index contributed by atoms with van der Waals surface area (Å²) < 4.78 is 38.6. The molecule has 0 spiro atoms. The molecule has 4 N–H and O–H groups in total. The number of rotatable bonds is 19. The molecule has 2 amide bonds. The van der Waals surface area contributed by atoms with E-state index >= 15 is 0 Å². The van der Waals surface area contributed by atoms with Gasteiger partial charge in [0.1, 0.15) is 22.2 Å². The summed E-state index contributed by atoms with van der Waals surface area (Å²) >= 11 is 1.68. The van der Waals surface area contributed by atoms with E-state index in [0.717, 1.165) is 28.1 Å². The fourth-order valence-corrected chi connectivity index (χ4v) is 7.16. The molecule has 0 aliphatic carbocycles. The summed E-state index contributed by atoms with van der Waals surface area (Å²) in [6.07, 6.45) is 6.92. The number of amides is 2. The Morgan fingerprint density at radius 1 is 0.797 bits per heavy atom. The van der Waals surface area contributed by atoms with Crippen LogP contribution in [0.3, 0.4) is 0 Å². The van der Waals surface area contributed by atoms with Crippen molar-refractivity contribution in [1.29, 1.82) is 0 Å². The highest BCUT2D eigenvalue weighted by Crippen LogP contribution is 2.28. The van der Waals surface area contributed by atoms with Crippen molar-refractivity contribution in [1.82, 2.24) is 20.6 Å². The van der Waals surface area contributed by atoms with Gasteiger partial charge in [0.2, 0.25) is 5.91 Å². The number of pyridine rings is 2. The first-order valence-corrected chi connectivity index (χ1v) is 21.1. The molecule has 6 rings (SSSR count). The maximum atomic E-state index is 12.8. The largest absolute Gasteiger partial charge is 0.491 e. The van der Waals surface area contributed by atoms with Crippen LogP contribution in [0.5, 0.6) is 5.75 Å². The first kappa shape index (κ1) is 42.0. The third-order valence-corrected chi connectivity index (χ3v) is 10.7. The fraction of sp³-hybridized carbons (Fsp3) is 0.133. The molecule has 6 aromatic rings. The molecule has 2 aromatic heterocycles. The van der Waals surface area contributed by atoms with Gasteiger partial charge in [-0.15, -0.1) is 11.8 Å². The Morgan fingerprint density at radius 2 is 1.51 bits per heavy atom. The van der Waals surface area contributed by atoms with Crippen molar-refractivity contribution < 1.29 is 27.3 Å². The molecule has 0 radical (unpaired) electrons. The first-order valence-electron chi connectivity index (χ1n) is 18.7. The van der Waals surface area contributed by atoms with E-state index < -0.39 is 10.1 Å². The standard InChI is InChI=1S/C45H42N6O6S2/c52-44(46-27-9-28-47-45(53)37-18-24-43(48-30-37)51-49-31-36-14-7-8-15-42(36)59(54,55)56)25-22-40-41(57-29-26-33-10-3-1-4-11-33)23-19-38(50-40)32-58-39-20-16-35(17-21-39)34-12-5-2-6-13-34/h1-8,10-25,30-31H,9,26-29,32H2,(H,46,52)(H,47,53)(H,48,51)(H,54,55,56)/b25-22+,49-31+. The van der Waals surface area contributed by atoms with E-state index in [-0.39, 0.29) is 22.3 Å². The number of carbonyl (C=O) groups excluding carboxylic acids is 2. The Balaban J connectivity index is 0.969. The number of benzene rings is 4. The van der Waals surface area contributed by atoms with Crippen LogP contribution in [0.25, 0.3) is 17.2 Å². The first-order chi connectivity index (χ1) is 28.7. The van der Waals surface area contributed by atoms with Gasteiger partial charge in [-0.25, -0.2) is 9.97 Å². The van der Waals surface area contributed by atoms with Gasteiger partial charge in [-0.2, -0.15) is 13.5 Å². The SMILES string of the molecule is O=C(/C=C/c1nc(CSc2ccc(-c3ccccc3)cc2)ccc1OCCc1ccccc1)NCCCNC(=O)c1ccc(N/N=C/c2ccccc2S(=O)(=O)O)nc1. The molecule has 0 atom stereocenters. The predicted molar refractivity (Wildman–Crippen MR) is 232 cm³/mol. The van der Waals surface area contributed by atoms with Crippen LogP contribution >= 0.6 is 11.8 Å². The molecule has 14 heteroatoms. The minimum Gasteiger partial charge on any atom is -0.491 e. The van der Waals surface area contributed by atoms with Crippen molar-refractivity contribution in [2.24, 2.45) is 5.10 Å². The van der Waals surface area contributed by atoms with Gasteiger partial charge in [0.05, 0.1) is 24.1 Å². The van der Waals surface area contributed by atoms with E-state index in [1.165, 1.54) is 42.3 Å². The van der Waals surface area contributed by atoms with Crippen molar-refractivity contribution in [3.63, 3.8) is 0 Å². The van der Waals surface area contributed by atoms with Crippen LogP contribution < -0.4 is 20.8 Å². The van der Waals surface area contributed by atoms with Gasteiger partial charge in [0, 0.05) is 48.0 Å². The van der Waals surface area contributed by atoms with E-state index in [9.17, 15) is 22.6 Å². The Morgan fingerprint density at radius 3 is 2.25 bits per heavy atom. The van der Waals surface area contributed by atoms with Crippen LogP contribution in [0, 0.1) is 0 Å². The van der Waals surface area contributed by atoms with E-state index in [0.29, 0.717) is 54.7 Å². The third-order valence-electron chi connectivity index (χ3n) is 8.72. The Bertz CT molecular complexity index is 2480. The molecule has 0 saturated heterocycles. The molecule has 0 unspecified atom stereocenters. The number of anilines is 1. The van der Waals surface area contributed by atoms with Crippen LogP contribution in [0.4, 0.5) is 5.82 Å². The Hall–Kier alpha value is -6.61. The summed E-state index contributed by atoms with van der Waals surface area (Å²) in [6.45, 7) is 1.10. The van der Waals surface area contributed by atoms with Gasteiger partial charge in [-0.05, 0) is 71.7 Å². The smallest absolute Gasteiger partial charge is 0.295 e. The molecule has 2 heterocycles. The van der Waals surface area contributed by atoms with Crippen molar-refractivity contribution in [2.75, 3.05) is 25.1 Å². The molecule has 0 aliphatic heterocycles. The zero-order valence-corrected chi connectivity index (χ0v) is 33.5. The highest BCUT2D eigenvalue weighted by Gasteiger charge is 2.13. The van der Waals surface area contributed by atoms with Gasteiger partial charge in [-0.1, -0.05) is 91.0 Å². The zero-order valence-electron chi connectivity index (χ0n) is 31.9. The lowest BCUT2D eigenvalue weighted by molar-refractivity contribution is -0.116. The number of aromatic nitrogens is 2. The fourth-order valence-electron chi connectivity index (χ4n) is 5.68. The van der Waals surface area contributed by atoms with Crippen LogP contribution in [-0.4, -0.2) is 60.7 Å². The predicted octanol–water partition coefficient (Wildman–Crippen LogP) is 7.70. The molecule has 4 aromatic carbocycles. The monoisotopic (exact) mass is 826 g/mol. The van der Waals surface area contributed by atoms with Crippen molar-refractivity contribution >= 4 is 51.8 Å². The lowest BCUT2D eigenvalue weighted by atomic mass is 10.1. The average Bonchev–Trinajstić information content (AvgIpc) is 3.26. The number of hydrogen-bond donors (Lipinski definition) is 4. The molecule has 12 nitrogen and oxygen atoms in total. The summed E-state index contributed by atoms with van der Waals surface area (Å²) in [5.74, 6) is 0.893. The van der Waals surface area contributed by atoms with Crippen LogP contribution in [0.1, 0.15) is 39.3 Å². The summed E-state index contributed by atoms with van der Waals surface area (Å²) in [4.78, 5) is 35.3. The molecular weight excluding hydrogens is 785 g/mol. The molecular formula is C45H42N6O6S2. The van der Waals surface area contributed by atoms with E-state index in [2.05, 4.69) is 74.7 Å². The quantitative estimate of drug-likeness (QED) is 0.0158. The normalized spacial score (nSPS) is 11.4. The zero-order chi connectivity index (χ0) is 41.3. The van der Waals surface area contributed by atoms with Crippen molar-refractivity contribution in [2.45, 2.75) is 28.4 Å². The van der Waals surface area contributed by atoms with E-state index in [1.54, 1.807) is 36.0 Å². The van der Waals surface area contributed by atoms with Gasteiger partial charge >= 0.3 is 0 Å². The van der Waals surface area contributed by atoms with Gasteiger partial charge in [0.25, 0.3) is 16.0 Å². The van der Waals surface area contributed by atoms with Crippen LogP contribution in [0.15, 0.2) is 161 Å². The summed E-state index contributed by atoms with van der Waals surface area (Å²) in [5, 5.41) is 9.62. The maximum absolute atomic E-state index is 12.8. The number of nitrogens with zero attached hydrogens (tertiary/aromatic N) is 3. The van der Waals surface area contributed by atoms with Gasteiger partial charge in [0.15, 0.2) is 0 Å². The summed E-state index contributed by atoms with van der Waals surface area (Å²) in [5.41, 5.74) is 8.07. The number of hydrogen-bond acceptors (Lipinski definition) is 10. The lowest BCUT2D eigenvalue weighted by Gasteiger charge is -2.11. The number of carbonyl (C=O) groups is 2. The second kappa shape index (κ2) is 21.2. The van der Waals surface area contributed by atoms with Crippen molar-refractivity contribution in [3.8, 4) is 16.9 Å². The lowest BCUT2D eigenvalue weighted by Crippen LogP contribution is -2.29. The Labute approximate surface area is 347 Å². The van der Waals surface area contributed by atoms with Crippen LogP contribution in [0.2, 0.25) is 0 Å². The van der Waals surface area contributed by atoms with Crippen LogP contribution in [-0.2, 0) is 27.1 Å². The number of ether oxygens (including phenoxy) is 1. The summed E-state index contributed by atoms with van der Waals surface area (Å²) in [6, 6.07) is 41.6. The molecule has 59 heavy (non-hydrogen) atoms. The molecule has 300 valence electrons. The number of thioether (sulfide) groups is 1. The van der Waals surface area contributed by atoms with E-state index in [1.807, 2.05) is 48.5 Å². The average molecular weight is 827 g/mol. The summed E-state index contributed by atoms with van der Waals surface area (Å²) in [7, 11) is -4.41. The molecule has 0 saturated carbocycles. The minimum atomic E-state index is -4.41. The second-order valence-corrected chi connectivity index (χ2v) is 15.4. The van der Waals surface area contributed by atoms with Crippen molar-refractivity contribution in [3.05, 3.63) is 174 Å². The van der Waals surface area contributed by atoms with Gasteiger partial charge < -0.3 is 15.4 Å². The van der Waals surface area contributed by atoms with E-state index in [4.69, 9.17) is 9.72 Å². The third kappa shape index (κ3) is 13.2. The topological polar surface area (TPSA) is 172 Å². The molecule has 0 fully saturated rings. The maximum Gasteiger partial charge on any atom is 0.295 e. The highest BCUT2D eigenvalue weighted by atomic mass is 32.2. The molecule has 0 aliphatic rings. The number of hydrazone groups is 1. The minimum absolute atomic E-state index is 0.189. The number of nitrogens with one attached hydrogen (secondary N) is 3.